The van der Waals surface area contributed by atoms with Gasteiger partial charge in [0.25, 0.3) is 0 Å². The predicted molar refractivity (Wildman–Crippen MR) is 63.7 cm³/mol. The van der Waals surface area contributed by atoms with Crippen LogP contribution in [0, 0.1) is 0 Å². The van der Waals surface area contributed by atoms with E-state index in [0.29, 0.717) is 0 Å². The maximum Gasteiger partial charge on any atom is 0.505 e. The quantitative estimate of drug-likeness (QED) is 0.498. The van der Waals surface area contributed by atoms with Crippen molar-refractivity contribution in [2.75, 3.05) is 0 Å². The Labute approximate surface area is 105 Å². The van der Waals surface area contributed by atoms with Gasteiger partial charge in [0.15, 0.2) is 0 Å². The van der Waals surface area contributed by atoms with E-state index in [1.807, 2.05) is 20.8 Å². The molecule has 1 aromatic carbocycles. The molecular weight excluding hydrogens is 259 g/mol. The molecule has 0 bridgehead atoms. The topological polar surface area (TPSA) is 93.1 Å². The lowest BCUT2D eigenvalue weighted by Crippen LogP contribution is -2.11. The van der Waals surface area contributed by atoms with E-state index >= 15 is 0 Å². The third-order valence-corrected chi connectivity index (χ3v) is 2.47. The van der Waals surface area contributed by atoms with E-state index in [1.165, 1.54) is 12.1 Å². The molecule has 1 rings (SSSR count). The third-order valence-electron chi connectivity index (χ3n) is 2.20. The minimum Gasteiger partial charge on any atom is -0.301 e. The fourth-order valence-corrected chi connectivity index (χ4v) is 1.40. The molecule has 0 fully saturated rings. The highest BCUT2D eigenvalue weighted by molar-refractivity contribution is 7.46. The summed E-state index contributed by atoms with van der Waals surface area (Å²) in [5, 5.41) is 0. The van der Waals surface area contributed by atoms with E-state index in [9.17, 15) is 9.36 Å². The van der Waals surface area contributed by atoms with Gasteiger partial charge in [0, 0.05) is 0 Å². The van der Waals surface area contributed by atoms with Gasteiger partial charge in [-0.3, -0.25) is 4.89 Å². The number of carbonyl (C=O) groups excluding carboxylic acids is 1. The Bertz CT molecular complexity index is 467. The van der Waals surface area contributed by atoms with E-state index in [-0.39, 0.29) is 11.0 Å². The molecule has 0 aromatic heterocycles. The van der Waals surface area contributed by atoms with Crippen LogP contribution in [0.25, 0.3) is 0 Å². The van der Waals surface area contributed by atoms with Gasteiger partial charge in [0.1, 0.15) is 0 Å². The summed E-state index contributed by atoms with van der Waals surface area (Å²) in [6.07, 6.45) is 0. The number of phosphoric acid groups is 1. The van der Waals surface area contributed by atoms with Crippen LogP contribution in [0.4, 0.5) is 0 Å². The van der Waals surface area contributed by atoms with Crippen molar-refractivity contribution < 1.29 is 28.7 Å². The molecule has 0 unspecified atom stereocenters. The summed E-state index contributed by atoms with van der Waals surface area (Å²) in [4.78, 5) is 32.1. The molecule has 0 saturated carbocycles. The molecule has 1 aromatic rings. The van der Waals surface area contributed by atoms with Gasteiger partial charge in [-0.15, -0.1) is 0 Å². The first-order chi connectivity index (χ1) is 8.09. The monoisotopic (exact) mass is 274 g/mol. The highest BCUT2D eigenvalue weighted by atomic mass is 31.2. The number of hydrogen-bond donors (Lipinski definition) is 2. The first-order valence-electron chi connectivity index (χ1n) is 5.16. The SMILES string of the molecule is CC(C)(C)c1ccc(C(=O)OOP(=O)(O)O)cc1. The van der Waals surface area contributed by atoms with Crippen LogP contribution in [0.5, 0.6) is 0 Å². The zero-order valence-electron chi connectivity index (χ0n) is 10.3. The molecule has 7 heteroatoms. The third kappa shape index (κ3) is 4.58. The van der Waals surface area contributed by atoms with Crippen molar-refractivity contribution in [2.45, 2.75) is 26.2 Å². The van der Waals surface area contributed by atoms with Crippen LogP contribution < -0.4 is 0 Å². The zero-order chi connectivity index (χ0) is 14.0. The maximum atomic E-state index is 11.4. The fraction of sp³-hybridized carbons (Fsp3) is 0.364. The Hall–Kier alpha value is -1.20. The zero-order valence-corrected chi connectivity index (χ0v) is 11.2. The number of benzene rings is 1. The van der Waals surface area contributed by atoms with E-state index in [1.54, 1.807) is 12.1 Å². The Balaban J connectivity index is 2.74. The molecule has 0 radical (unpaired) electrons. The molecule has 100 valence electrons. The summed E-state index contributed by atoms with van der Waals surface area (Å²) in [6, 6.07) is 6.50. The molecule has 0 saturated heterocycles. The van der Waals surface area contributed by atoms with Crippen LogP contribution in [-0.4, -0.2) is 15.8 Å². The van der Waals surface area contributed by atoms with E-state index in [2.05, 4.69) is 9.56 Å². The summed E-state index contributed by atoms with van der Waals surface area (Å²) in [7, 11) is -4.82. The highest BCUT2D eigenvalue weighted by Crippen LogP contribution is 2.36. The van der Waals surface area contributed by atoms with Crippen molar-refractivity contribution in [3.05, 3.63) is 35.4 Å². The second kappa shape index (κ2) is 5.20. The standard InChI is InChI=1S/C11H15O6P/c1-11(2,3)9-6-4-8(5-7-9)10(12)16-17-18(13,14)15/h4-7H,1-3H3,(H2,13,14,15). The summed E-state index contributed by atoms with van der Waals surface area (Å²) < 4.78 is 14.0. The molecule has 6 nitrogen and oxygen atoms in total. The van der Waals surface area contributed by atoms with Gasteiger partial charge in [0.05, 0.1) is 5.56 Å². The lowest BCUT2D eigenvalue weighted by atomic mass is 9.87. The molecule has 0 aliphatic carbocycles. The molecular formula is C11H15O6P. The Morgan fingerprint density at radius 1 is 1.17 bits per heavy atom. The molecule has 0 aliphatic heterocycles. The van der Waals surface area contributed by atoms with Gasteiger partial charge in [-0.1, -0.05) is 37.6 Å². The second-order valence-electron chi connectivity index (χ2n) is 4.76. The highest BCUT2D eigenvalue weighted by Gasteiger charge is 2.20. The van der Waals surface area contributed by atoms with Gasteiger partial charge in [-0.25, -0.2) is 9.36 Å². The Morgan fingerprint density at radius 2 is 1.67 bits per heavy atom. The van der Waals surface area contributed by atoms with Crippen LogP contribution in [0.1, 0.15) is 36.7 Å². The van der Waals surface area contributed by atoms with Gasteiger partial charge in [-0.05, 0) is 23.1 Å². The molecule has 0 heterocycles. The average molecular weight is 274 g/mol. The van der Waals surface area contributed by atoms with Crippen molar-refractivity contribution in [3.8, 4) is 0 Å². The maximum absolute atomic E-state index is 11.4. The van der Waals surface area contributed by atoms with Crippen molar-refractivity contribution in [2.24, 2.45) is 0 Å². The molecule has 18 heavy (non-hydrogen) atoms. The molecule has 0 spiro atoms. The minimum atomic E-state index is -4.82. The molecule has 0 amide bonds. The van der Waals surface area contributed by atoms with Crippen molar-refractivity contribution >= 4 is 13.8 Å². The summed E-state index contributed by atoms with van der Waals surface area (Å²) in [5.41, 5.74) is 1.12. The smallest absolute Gasteiger partial charge is 0.301 e. The van der Waals surface area contributed by atoms with E-state index in [4.69, 9.17) is 9.79 Å². The lowest BCUT2D eigenvalue weighted by molar-refractivity contribution is -0.166. The van der Waals surface area contributed by atoms with Crippen molar-refractivity contribution in [1.29, 1.82) is 0 Å². The summed E-state index contributed by atoms with van der Waals surface area (Å²) in [5.74, 6) is -0.959. The summed E-state index contributed by atoms with van der Waals surface area (Å²) >= 11 is 0. The van der Waals surface area contributed by atoms with Crippen LogP contribution in [0.2, 0.25) is 0 Å². The average Bonchev–Trinajstić information content (AvgIpc) is 2.24. The lowest BCUT2D eigenvalue weighted by Gasteiger charge is -2.18. The molecule has 2 N–H and O–H groups in total. The molecule has 0 atom stereocenters. The minimum absolute atomic E-state index is 0.0508. The van der Waals surface area contributed by atoms with Gasteiger partial charge < -0.3 is 9.79 Å². The van der Waals surface area contributed by atoms with Crippen LogP contribution >= 0.6 is 7.82 Å². The molecule has 0 aliphatic rings. The Kier molecular flexibility index (Phi) is 4.29. The number of rotatable bonds is 3. The first kappa shape index (κ1) is 14.9. The van der Waals surface area contributed by atoms with E-state index < -0.39 is 13.8 Å². The largest absolute Gasteiger partial charge is 0.505 e. The number of hydrogen-bond acceptors (Lipinski definition) is 4. The van der Waals surface area contributed by atoms with Crippen molar-refractivity contribution in [3.63, 3.8) is 0 Å². The van der Waals surface area contributed by atoms with Crippen LogP contribution in [0.15, 0.2) is 24.3 Å². The van der Waals surface area contributed by atoms with Crippen LogP contribution in [-0.2, 0) is 19.5 Å². The first-order valence-corrected chi connectivity index (χ1v) is 6.69. The second-order valence-corrected chi connectivity index (χ2v) is 5.89. The predicted octanol–water partition coefficient (Wildman–Crippen LogP) is 2.17. The van der Waals surface area contributed by atoms with Gasteiger partial charge in [0.2, 0.25) is 0 Å². The van der Waals surface area contributed by atoms with Crippen molar-refractivity contribution in [1.82, 2.24) is 0 Å². The number of carbonyl (C=O) groups is 1. The normalized spacial score (nSPS) is 12.3. The van der Waals surface area contributed by atoms with Gasteiger partial charge in [-0.2, -0.15) is 0 Å². The van der Waals surface area contributed by atoms with Crippen LogP contribution in [0.3, 0.4) is 0 Å². The Morgan fingerprint density at radius 3 is 2.06 bits per heavy atom. The van der Waals surface area contributed by atoms with E-state index in [0.717, 1.165) is 5.56 Å². The van der Waals surface area contributed by atoms with Gasteiger partial charge >= 0.3 is 13.8 Å². The summed E-state index contributed by atoms with van der Waals surface area (Å²) in [6.45, 7) is 6.08. The fourth-order valence-electron chi connectivity index (χ4n) is 1.24.